The molecule has 3 nitrogen and oxygen atoms in total. The zero-order chi connectivity index (χ0) is 36.3. The lowest BCUT2D eigenvalue weighted by atomic mass is 9.98. The first-order chi connectivity index (χ1) is 27.3. The number of hydrogen-bond donors (Lipinski definition) is 0. The van der Waals surface area contributed by atoms with Crippen molar-refractivity contribution in [3.8, 4) is 33.4 Å². The van der Waals surface area contributed by atoms with Crippen molar-refractivity contribution in [3.63, 3.8) is 0 Å². The molecule has 3 heteroatoms. The van der Waals surface area contributed by atoms with Crippen molar-refractivity contribution in [2.75, 3.05) is 4.90 Å². The third kappa shape index (κ3) is 5.13. The number of furan rings is 2. The summed E-state index contributed by atoms with van der Waals surface area (Å²) in [7, 11) is 0. The van der Waals surface area contributed by atoms with E-state index in [4.69, 9.17) is 8.83 Å². The highest BCUT2D eigenvalue weighted by atomic mass is 16.3. The normalized spacial score (nSPS) is 11.6. The van der Waals surface area contributed by atoms with E-state index in [0.29, 0.717) is 0 Å². The minimum atomic E-state index is 0.826. The molecule has 11 rings (SSSR count). The zero-order valence-corrected chi connectivity index (χ0v) is 29.8. The van der Waals surface area contributed by atoms with Crippen molar-refractivity contribution >= 4 is 71.7 Å². The van der Waals surface area contributed by atoms with Crippen LogP contribution in [0.3, 0.4) is 0 Å². The van der Waals surface area contributed by atoms with Gasteiger partial charge in [-0.2, -0.15) is 0 Å². The Morgan fingerprint density at radius 3 is 1.78 bits per heavy atom. The summed E-state index contributed by atoms with van der Waals surface area (Å²) in [6, 6.07) is 70.7. The second-order valence-electron chi connectivity index (χ2n) is 14.0. The van der Waals surface area contributed by atoms with E-state index in [1.165, 1.54) is 16.3 Å². The molecular formula is C52H33NO2. The van der Waals surface area contributed by atoms with Gasteiger partial charge in [0, 0.05) is 27.4 Å². The molecular weight excluding hydrogens is 671 g/mol. The van der Waals surface area contributed by atoms with Crippen LogP contribution < -0.4 is 4.90 Å². The average Bonchev–Trinajstić information content (AvgIpc) is 3.84. The largest absolute Gasteiger partial charge is 0.455 e. The van der Waals surface area contributed by atoms with Crippen LogP contribution in [0.1, 0.15) is 0 Å². The van der Waals surface area contributed by atoms with Gasteiger partial charge in [0.05, 0.1) is 16.8 Å². The van der Waals surface area contributed by atoms with Gasteiger partial charge in [0.15, 0.2) is 5.58 Å². The van der Waals surface area contributed by atoms with Gasteiger partial charge in [-0.15, -0.1) is 0 Å². The van der Waals surface area contributed by atoms with Gasteiger partial charge < -0.3 is 13.7 Å². The molecule has 0 N–H and O–H groups in total. The van der Waals surface area contributed by atoms with E-state index in [1.807, 2.05) is 12.1 Å². The first-order valence-electron chi connectivity index (χ1n) is 18.7. The molecule has 0 bridgehead atoms. The molecule has 0 amide bonds. The van der Waals surface area contributed by atoms with Gasteiger partial charge in [0.25, 0.3) is 0 Å². The molecule has 9 aromatic carbocycles. The topological polar surface area (TPSA) is 29.5 Å². The van der Waals surface area contributed by atoms with Crippen LogP contribution in [-0.4, -0.2) is 0 Å². The van der Waals surface area contributed by atoms with E-state index >= 15 is 0 Å². The van der Waals surface area contributed by atoms with Crippen LogP contribution in [0.5, 0.6) is 0 Å². The smallest absolute Gasteiger partial charge is 0.159 e. The van der Waals surface area contributed by atoms with E-state index in [9.17, 15) is 0 Å². The molecule has 0 radical (unpaired) electrons. The Labute approximate surface area is 317 Å². The van der Waals surface area contributed by atoms with Gasteiger partial charge in [0.1, 0.15) is 16.7 Å². The zero-order valence-electron chi connectivity index (χ0n) is 29.8. The molecule has 0 atom stereocenters. The SMILES string of the molecule is c1ccc(-c2ccc(N(c3ccc(-c4ccc5ccccc5c4)cc3)c3cccc4c3oc3cccc(-c5ccccc5)c34)c3c2oc2ccccc23)cc1. The summed E-state index contributed by atoms with van der Waals surface area (Å²) in [5, 5.41) is 6.75. The minimum Gasteiger partial charge on any atom is -0.455 e. The summed E-state index contributed by atoms with van der Waals surface area (Å²) in [6.45, 7) is 0. The van der Waals surface area contributed by atoms with E-state index in [1.54, 1.807) is 0 Å². The van der Waals surface area contributed by atoms with Crippen molar-refractivity contribution in [1.82, 2.24) is 0 Å². The highest BCUT2D eigenvalue weighted by molar-refractivity contribution is 6.20. The van der Waals surface area contributed by atoms with Crippen molar-refractivity contribution < 1.29 is 8.83 Å². The Balaban J connectivity index is 1.17. The molecule has 55 heavy (non-hydrogen) atoms. The van der Waals surface area contributed by atoms with E-state index in [-0.39, 0.29) is 0 Å². The maximum absolute atomic E-state index is 6.91. The predicted octanol–water partition coefficient (Wildman–Crippen LogP) is 15.1. The fraction of sp³-hybridized carbons (Fsp3) is 0. The number of hydrogen-bond acceptors (Lipinski definition) is 3. The number of rotatable bonds is 6. The monoisotopic (exact) mass is 703 g/mol. The highest BCUT2D eigenvalue weighted by Crippen LogP contribution is 2.49. The molecule has 0 unspecified atom stereocenters. The molecule has 2 aromatic heterocycles. The first-order valence-corrected chi connectivity index (χ1v) is 18.7. The molecule has 0 saturated heterocycles. The van der Waals surface area contributed by atoms with Crippen LogP contribution in [-0.2, 0) is 0 Å². The highest BCUT2D eigenvalue weighted by Gasteiger charge is 2.25. The second kappa shape index (κ2) is 12.6. The van der Waals surface area contributed by atoms with Gasteiger partial charge in [-0.05, 0) is 87.1 Å². The Morgan fingerprint density at radius 2 is 0.964 bits per heavy atom. The molecule has 0 saturated carbocycles. The Bertz CT molecular complexity index is 3190. The number of para-hydroxylation sites is 2. The Kier molecular flexibility index (Phi) is 7.17. The predicted molar refractivity (Wildman–Crippen MR) is 229 cm³/mol. The van der Waals surface area contributed by atoms with Crippen LogP contribution in [0, 0.1) is 0 Å². The number of benzene rings is 9. The molecule has 0 aliphatic heterocycles. The van der Waals surface area contributed by atoms with Gasteiger partial charge in [-0.3, -0.25) is 0 Å². The summed E-state index contributed by atoms with van der Waals surface area (Å²) < 4.78 is 13.7. The third-order valence-corrected chi connectivity index (χ3v) is 10.9. The number of nitrogens with zero attached hydrogens (tertiary/aromatic N) is 1. The van der Waals surface area contributed by atoms with Crippen LogP contribution in [0.25, 0.3) is 88.0 Å². The fourth-order valence-electron chi connectivity index (χ4n) is 8.29. The lowest BCUT2D eigenvalue weighted by Crippen LogP contribution is -2.10. The lowest BCUT2D eigenvalue weighted by Gasteiger charge is -2.27. The molecule has 0 fully saturated rings. The average molecular weight is 704 g/mol. The molecule has 258 valence electrons. The summed E-state index contributed by atoms with van der Waals surface area (Å²) in [5.41, 5.74) is 13.2. The summed E-state index contributed by atoms with van der Waals surface area (Å²) in [6.07, 6.45) is 0. The quantitative estimate of drug-likeness (QED) is 0.173. The van der Waals surface area contributed by atoms with Crippen LogP contribution in [0.15, 0.2) is 209 Å². The van der Waals surface area contributed by atoms with Crippen LogP contribution in [0.2, 0.25) is 0 Å². The van der Waals surface area contributed by atoms with E-state index < -0.39 is 0 Å². The third-order valence-electron chi connectivity index (χ3n) is 10.9. The molecule has 0 aliphatic rings. The molecule has 0 spiro atoms. The van der Waals surface area contributed by atoms with Crippen LogP contribution >= 0.6 is 0 Å². The van der Waals surface area contributed by atoms with Crippen molar-refractivity contribution in [1.29, 1.82) is 0 Å². The summed E-state index contributed by atoms with van der Waals surface area (Å²) in [4.78, 5) is 2.34. The van der Waals surface area contributed by atoms with Gasteiger partial charge in [-0.25, -0.2) is 0 Å². The van der Waals surface area contributed by atoms with E-state index in [0.717, 1.165) is 88.8 Å². The van der Waals surface area contributed by atoms with Crippen molar-refractivity contribution in [2.24, 2.45) is 0 Å². The minimum absolute atomic E-state index is 0.826. The van der Waals surface area contributed by atoms with Gasteiger partial charge >= 0.3 is 0 Å². The Hall–Kier alpha value is -7.36. The van der Waals surface area contributed by atoms with Gasteiger partial charge in [0.2, 0.25) is 0 Å². The standard InChI is InChI=1S/C52H33NO2/c1-3-14-36(15-4-1)41-20-12-24-48-49(41)44-21-11-22-46(51(44)55-48)53(40-29-27-35(28-30-40)39-26-25-34-13-7-8-18-38(34)33-39)45-32-31-42(37-16-5-2-6-17-37)52-50(45)43-19-9-10-23-47(43)54-52/h1-33H. The van der Waals surface area contributed by atoms with Gasteiger partial charge in [-0.1, -0.05) is 152 Å². The van der Waals surface area contributed by atoms with Crippen LogP contribution in [0.4, 0.5) is 17.1 Å². The van der Waals surface area contributed by atoms with Crippen molar-refractivity contribution in [2.45, 2.75) is 0 Å². The maximum atomic E-state index is 6.91. The summed E-state index contributed by atoms with van der Waals surface area (Å²) in [5.74, 6) is 0. The van der Waals surface area contributed by atoms with Crippen molar-refractivity contribution in [3.05, 3.63) is 200 Å². The van der Waals surface area contributed by atoms with E-state index in [2.05, 4.69) is 193 Å². The fourth-order valence-corrected chi connectivity index (χ4v) is 8.29. The lowest BCUT2D eigenvalue weighted by molar-refractivity contribution is 0.668. The number of anilines is 3. The Morgan fingerprint density at radius 1 is 0.327 bits per heavy atom. The number of fused-ring (bicyclic) bond motifs is 7. The molecule has 11 aromatic rings. The second-order valence-corrected chi connectivity index (χ2v) is 14.0. The first kappa shape index (κ1) is 31.2. The maximum Gasteiger partial charge on any atom is 0.159 e. The molecule has 2 heterocycles. The summed E-state index contributed by atoms with van der Waals surface area (Å²) >= 11 is 0. The molecule has 0 aliphatic carbocycles.